The standard InChI is InChI=1S/C18H18O/c1-2-4-15-11-18(8-7-14(15)3-1)19-12-17-10-13-5-6-16(17)9-13/h1-8,11,13,16-17H,9-10,12H2. The SMILES string of the molecule is C1=CC2CC1CC2COc1ccc2ccccc2c1. The van der Waals surface area contributed by atoms with Gasteiger partial charge in [0.05, 0.1) is 6.61 Å². The normalized spacial score (nSPS) is 28.1. The molecule has 0 saturated heterocycles. The van der Waals surface area contributed by atoms with Gasteiger partial charge in [-0.2, -0.15) is 0 Å². The molecule has 0 aliphatic heterocycles. The third kappa shape index (κ3) is 2.03. The minimum atomic E-state index is 0.724. The maximum absolute atomic E-state index is 6.02. The van der Waals surface area contributed by atoms with Crippen molar-refractivity contribution in [2.45, 2.75) is 12.8 Å². The summed E-state index contributed by atoms with van der Waals surface area (Å²) >= 11 is 0. The van der Waals surface area contributed by atoms with Crippen LogP contribution in [0.5, 0.6) is 5.75 Å². The number of fused-ring (bicyclic) bond motifs is 3. The Morgan fingerprint density at radius 1 is 0.947 bits per heavy atom. The summed E-state index contributed by atoms with van der Waals surface area (Å²) in [6.45, 7) is 0.865. The summed E-state index contributed by atoms with van der Waals surface area (Å²) in [4.78, 5) is 0. The quantitative estimate of drug-likeness (QED) is 0.732. The smallest absolute Gasteiger partial charge is 0.119 e. The molecule has 96 valence electrons. The molecule has 4 rings (SSSR count). The van der Waals surface area contributed by atoms with Crippen molar-refractivity contribution in [2.75, 3.05) is 6.61 Å². The molecule has 1 saturated carbocycles. The van der Waals surface area contributed by atoms with Crippen molar-refractivity contribution >= 4 is 10.8 Å². The molecule has 0 radical (unpaired) electrons. The number of allylic oxidation sites excluding steroid dienone is 2. The number of hydrogen-bond acceptors (Lipinski definition) is 1. The van der Waals surface area contributed by atoms with Gasteiger partial charge >= 0.3 is 0 Å². The molecule has 0 amide bonds. The van der Waals surface area contributed by atoms with E-state index in [-0.39, 0.29) is 0 Å². The fraction of sp³-hybridized carbons (Fsp3) is 0.333. The summed E-state index contributed by atoms with van der Waals surface area (Å²) in [5, 5.41) is 2.53. The van der Waals surface area contributed by atoms with Gasteiger partial charge in [0, 0.05) is 0 Å². The van der Waals surface area contributed by atoms with Crippen LogP contribution in [0.1, 0.15) is 12.8 Å². The highest BCUT2D eigenvalue weighted by molar-refractivity contribution is 5.83. The Morgan fingerprint density at radius 3 is 2.63 bits per heavy atom. The molecule has 2 aliphatic rings. The molecule has 2 aromatic carbocycles. The van der Waals surface area contributed by atoms with Gasteiger partial charge in [-0.25, -0.2) is 0 Å². The maximum Gasteiger partial charge on any atom is 0.119 e. The first-order chi connectivity index (χ1) is 9.38. The zero-order valence-electron chi connectivity index (χ0n) is 11.0. The first-order valence-electron chi connectivity index (χ1n) is 7.18. The molecule has 0 N–H and O–H groups in total. The predicted molar refractivity (Wildman–Crippen MR) is 78.3 cm³/mol. The summed E-state index contributed by atoms with van der Waals surface area (Å²) in [6.07, 6.45) is 7.44. The first-order valence-corrected chi connectivity index (χ1v) is 7.18. The summed E-state index contributed by atoms with van der Waals surface area (Å²) in [6, 6.07) is 14.8. The Bertz CT molecular complexity index is 628. The van der Waals surface area contributed by atoms with Crippen LogP contribution >= 0.6 is 0 Å². The van der Waals surface area contributed by atoms with E-state index in [9.17, 15) is 0 Å². The van der Waals surface area contributed by atoms with E-state index in [0.717, 1.165) is 30.1 Å². The van der Waals surface area contributed by atoms with Crippen molar-refractivity contribution in [1.29, 1.82) is 0 Å². The monoisotopic (exact) mass is 250 g/mol. The van der Waals surface area contributed by atoms with E-state index in [2.05, 4.69) is 54.6 Å². The van der Waals surface area contributed by atoms with Gasteiger partial charge < -0.3 is 4.74 Å². The fourth-order valence-electron chi connectivity index (χ4n) is 3.55. The fourth-order valence-corrected chi connectivity index (χ4v) is 3.55. The molecule has 2 bridgehead atoms. The number of ether oxygens (including phenoxy) is 1. The second-order valence-corrected chi connectivity index (χ2v) is 5.86. The van der Waals surface area contributed by atoms with Crippen LogP contribution in [0.4, 0.5) is 0 Å². The molecular formula is C18H18O. The van der Waals surface area contributed by atoms with Gasteiger partial charge in [-0.1, -0.05) is 42.5 Å². The predicted octanol–water partition coefficient (Wildman–Crippen LogP) is 4.43. The van der Waals surface area contributed by atoms with E-state index < -0.39 is 0 Å². The summed E-state index contributed by atoms with van der Waals surface area (Å²) in [7, 11) is 0. The minimum Gasteiger partial charge on any atom is -0.493 e. The lowest BCUT2D eigenvalue weighted by Crippen LogP contribution is -2.16. The van der Waals surface area contributed by atoms with Crippen molar-refractivity contribution in [3.05, 3.63) is 54.6 Å². The van der Waals surface area contributed by atoms with Crippen LogP contribution < -0.4 is 4.74 Å². The maximum atomic E-state index is 6.02. The molecule has 1 nitrogen and oxygen atoms in total. The second kappa shape index (κ2) is 4.41. The van der Waals surface area contributed by atoms with Crippen LogP contribution in [0.3, 0.4) is 0 Å². The largest absolute Gasteiger partial charge is 0.493 e. The van der Waals surface area contributed by atoms with Gasteiger partial charge in [0.2, 0.25) is 0 Å². The van der Waals surface area contributed by atoms with Crippen molar-refractivity contribution in [3.63, 3.8) is 0 Å². The van der Waals surface area contributed by atoms with Gasteiger partial charge in [0.25, 0.3) is 0 Å². The number of hydrogen-bond donors (Lipinski definition) is 0. The molecule has 19 heavy (non-hydrogen) atoms. The Kier molecular flexibility index (Phi) is 2.58. The second-order valence-electron chi connectivity index (χ2n) is 5.86. The van der Waals surface area contributed by atoms with Gasteiger partial charge in [-0.05, 0) is 53.5 Å². The van der Waals surface area contributed by atoms with Crippen molar-refractivity contribution in [3.8, 4) is 5.75 Å². The number of rotatable bonds is 3. The molecule has 3 unspecified atom stereocenters. The summed E-state index contributed by atoms with van der Waals surface area (Å²) in [5.41, 5.74) is 0. The van der Waals surface area contributed by atoms with Gasteiger partial charge in [0.1, 0.15) is 5.75 Å². The van der Waals surface area contributed by atoms with Gasteiger partial charge in [-0.3, -0.25) is 0 Å². The van der Waals surface area contributed by atoms with Crippen LogP contribution in [0.15, 0.2) is 54.6 Å². The van der Waals surface area contributed by atoms with Crippen LogP contribution in [0, 0.1) is 17.8 Å². The Balaban J connectivity index is 1.48. The van der Waals surface area contributed by atoms with Crippen LogP contribution in [-0.2, 0) is 0 Å². The lowest BCUT2D eigenvalue weighted by molar-refractivity contribution is 0.228. The third-order valence-electron chi connectivity index (χ3n) is 4.60. The Morgan fingerprint density at radius 2 is 1.84 bits per heavy atom. The highest BCUT2D eigenvalue weighted by Crippen LogP contribution is 2.43. The lowest BCUT2D eigenvalue weighted by atomic mass is 9.95. The molecule has 3 atom stereocenters. The van der Waals surface area contributed by atoms with E-state index in [0.29, 0.717) is 0 Å². The first kappa shape index (κ1) is 11.1. The zero-order valence-corrected chi connectivity index (χ0v) is 11.0. The van der Waals surface area contributed by atoms with Crippen molar-refractivity contribution < 1.29 is 4.74 Å². The van der Waals surface area contributed by atoms with E-state index in [1.807, 2.05) is 0 Å². The van der Waals surface area contributed by atoms with E-state index >= 15 is 0 Å². The third-order valence-corrected chi connectivity index (χ3v) is 4.60. The Hall–Kier alpha value is -1.76. The molecule has 1 heteroatoms. The van der Waals surface area contributed by atoms with Crippen LogP contribution in [-0.4, -0.2) is 6.61 Å². The average molecular weight is 250 g/mol. The Labute approximate surface area is 113 Å². The average Bonchev–Trinajstić information content (AvgIpc) is 3.07. The van der Waals surface area contributed by atoms with Crippen LogP contribution in [0.25, 0.3) is 10.8 Å². The number of benzene rings is 2. The van der Waals surface area contributed by atoms with E-state index in [4.69, 9.17) is 4.74 Å². The molecule has 2 aliphatic carbocycles. The van der Waals surface area contributed by atoms with Crippen LogP contribution in [0.2, 0.25) is 0 Å². The summed E-state index contributed by atoms with van der Waals surface area (Å²) in [5.74, 6) is 3.33. The molecule has 0 heterocycles. The topological polar surface area (TPSA) is 9.23 Å². The highest BCUT2D eigenvalue weighted by Gasteiger charge is 2.35. The highest BCUT2D eigenvalue weighted by atomic mass is 16.5. The minimum absolute atomic E-state index is 0.724. The molecule has 0 spiro atoms. The lowest BCUT2D eigenvalue weighted by Gasteiger charge is -2.18. The summed E-state index contributed by atoms with van der Waals surface area (Å²) < 4.78 is 6.02. The van der Waals surface area contributed by atoms with Crippen molar-refractivity contribution in [1.82, 2.24) is 0 Å². The molecule has 0 aromatic heterocycles. The molecule has 1 fully saturated rings. The van der Waals surface area contributed by atoms with Crippen molar-refractivity contribution in [2.24, 2.45) is 17.8 Å². The van der Waals surface area contributed by atoms with E-state index in [1.54, 1.807) is 0 Å². The van der Waals surface area contributed by atoms with Gasteiger partial charge in [-0.15, -0.1) is 0 Å². The zero-order chi connectivity index (χ0) is 12.7. The van der Waals surface area contributed by atoms with E-state index in [1.165, 1.54) is 23.6 Å². The molecule has 2 aromatic rings. The van der Waals surface area contributed by atoms with Gasteiger partial charge in [0.15, 0.2) is 0 Å². The molecular weight excluding hydrogens is 232 g/mol.